The zero-order chi connectivity index (χ0) is 24.1. The molecule has 0 bridgehead atoms. The number of amides is 2. The van der Waals surface area contributed by atoms with Gasteiger partial charge in [0, 0.05) is 17.3 Å². The van der Waals surface area contributed by atoms with Crippen molar-refractivity contribution in [3.8, 4) is 11.4 Å². The lowest BCUT2D eigenvalue weighted by Gasteiger charge is -2.11. The van der Waals surface area contributed by atoms with Gasteiger partial charge in [0.2, 0.25) is 0 Å². The Labute approximate surface area is 196 Å². The summed E-state index contributed by atoms with van der Waals surface area (Å²) in [5.74, 6) is -0.00361. The zero-order valence-electron chi connectivity index (χ0n) is 18.7. The maximum absolute atomic E-state index is 13.2. The Kier molecular flexibility index (Phi) is 6.68. The fraction of sp³-hybridized carbons (Fsp3) is 0.115. The van der Waals surface area contributed by atoms with Crippen LogP contribution in [0, 0.1) is 19.7 Å². The van der Waals surface area contributed by atoms with Crippen molar-refractivity contribution in [1.29, 1.82) is 0 Å². The predicted molar refractivity (Wildman–Crippen MR) is 128 cm³/mol. The highest BCUT2D eigenvalue weighted by Gasteiger charge is 2.12. The lowest BCUT2D eigenvalue weighted by molar-refractivity contribution is -0.118. The van der Waals surface area contributed by atoms with Crippen LogP contribution in [0.4, 0.5) is 15.9 Å². The molecule has 4 aromatic rings. The van der Waals surface area contributed by atoms with Crippen molar-refractivity contribution >= 4 is 23.3 Å². The van der Waals surface area contributed by atoms with Crippen molar-refractivity contribution in [2.24, 2.45) is 0 Å². The second-order valence-corrected chi connectivity index (χ2v) is 7.74. The van der Waals surface area contributed by atoms with E-state index in [-0.39, 0.29) is 24.2 Å². The van der Waals surface area contributed by atoms with E-state index in [1.165, 1.54) is 16.8 Å². The number of anilines is 2. The van der Waals surface area contributed by atoms with Gasteiger partial charge in [-0.05, 0) is 74.5 Å². The summed E-state index contributed by atoms with van der Waals surface area (Å²) in [7, 11) is 0. The van der Waals surface area contributed by atoms with Crippen molar-refractivity contribution < 1.29 is 18.7 Å². The highest BCUT2D eigenvalue weighted by molar-refractivity contribution is 6.04. The van der Waals surface area contributed by atoms with E-state index in [1.807, 2.05) is 25.1 Å². The fourth-order valence-corrected chi connectivity index (χ4v) is 3.32. The molecule has 172 valence electrons. The van der Waals surface area contributed by atoms with E-state index in [1.54, 1.807) is 55.5 Å². The second kappa shape index (κ2) is 9.99. The minimum Gasteiger partial charge on any atom is -0.484 e. The molecule has 1 heterocycles. The molecule has 0 aliphatic carbocycles. The van der Waals surface area contributed by atoms with Crippen molar-refractivity contribution in [3.63, 3.8) is 0 Å². The minimum absolute atomic E-state index is 0.204. The molecule has 1 aromatic heterocycles. The van der Waals surface area contributed by atoms with Crippen LogP contribution in [0.1, 0.15) is 21.6 Å². The summed E-state index contributed by atoms with van der Waals surface area (Å²) in [6.07, 6.45) is 0. The molecular weight excluding hydrogens is 435 g/mol. The molecule has 3 aromatic carbocycles. The topological polar surface area (TPSA) is 85.2 Å². The maximum atomic E-state index is 13.2. The van der Waals surface area contributed by atoms with Crippen molar-refractivity contribution in [2.45, 2.75) is 13.8 Å². The molecule has 0 saturated heterocycles. The number of aromatic nitrogens is 2. The van der Waals surface area contributed by atoms with Gasteiger partial charge in [-0.15, -0.1) is 0 Å². The van der Waals surface area contributed by atoms with Crippen molar-refractivity contribution in [3.05, 3.63) is 102 Å². The standard InChI is InChI=1S/C26H23FN4O3/c1-17-4-3-5-19(14-17)26(33)28-21-8-12-23(13-9-21)34-16-25(32)29-24-15-18(2)30-31(24)22-10-6-20(27)7-11-22/h3-15H,16H2,1-2H3,(H,28,33)(H,29,32). The van der Waals surface area contributed by atoms with Crippen molar-refractivity contribution in [2.75, 3.05) is 17.2 Å². The smallest absolute Gasteiger partial charge is 0.263 e. The van der Waals surface area contributed by atoms with E-state index in [0.29, 0.717) is 34.2 Å². The number of hydrogen-bond acceptors (Lipinski definition) is 4. The Balaban J connectivity index is 1.33. The van der Waals surface area contributed by atoms with E-state index < -0.39 is 0 Å². The number of carbonyl (C=O) groups excluding carboxylic acids is 2. The van der Waals surface area contributed by atoms with Crippen molar-refractivity contribution in [1.82, 2.24) is 9.78 Å². The highest BCUT2D eigenvalue weighted by atomic mass is 19.1. The van der Waals surface area contributed by atoms with Crippen LogP contribution >= 0.6 is 0 Å². The lowest BCUT2D eigenvalue weighted by Crippen LogP contribution is -2.21. The molecule has 0 fully saturated rings. The molecule has 0 aliphatic heterocycles. The van der Waals surface area contributed by atoms with Gasteiger partial charge in [-0.25, -0.2) is 9.07 Å². The average molecular weight is 458 g/mol. The first kappa shape index (κ1) is 22.7. The average Bonchev–Trinajstić information content (AvgIpc) is 3.18. The first-order valence-corrected chi connectivity index (χ1v) is 10.6. The number of halogens is 1. The molecule has 7 nitrogen and oxygen atoms in total. The molecule has 0 aliphatic rings. The normalized spacial score (nSPS) is 10.6. The number of rotatable bonds is 7. The molecule has 0 atom stereocenters. The van der Waals surface area contributed by atoms with Crippen LogP contribution in [-0.4, -0.2) is 28.2 Å². The Hall–Kier alpha value is -4.46. The van der Waals surface area contributed by atoms with Crippen LogP contribution in [0.2, 0.25) is 0 Å². The third-order valence-corrected chi connectivity index (χ3v) is 4.93. The molecule has 34 heavy (non-hydrogen) atoms. The van der Waals surface area contributed by atoms with Gasteiger partial charge in [-0.1, -0.05) is 17.7 Å². The Morgan fingerprint density at radius 1 is 0.941 bits per heavy atom. The van der Waals surface area contributed by atoms with E-state index in [2.05, 4.69) is 15.7 Å². The minimum atomic E-state index is -0.375. The first-order chi connectivity index (χ1) is 16.4. The number of nitrogens with zero attached hydrogens (tertiary/aromatic N) is 2. The van der Waals surface area contributed by atoms with Gasteiger partial charge >= 0.3 is 0 Å². The summed E-state index contributed by atoms with van der Waals surface area (Å²) in [5, 5.41) is 9.94. The molecular formula is C26H23FN4O3. The van der Waals surface area contributed by atoms with E-state index >= 15 is 0 Å². The quantitative estimate of drug-likeness (QED) is 0.413. The summed E-state index contributed by atoms with van der Waals surface area (Å²) in [5.41, 5.74) is 3.51. The van der Waals surface area contributed by atoms with Gasteiger partial charge < -0.3 is 15.4 Å². The summed E-state index contributed by atoms with van der Waals surface area (Å²) in [4.78, 5) is 24.8. The number of aryl methyl sites for hydroxylation is 2. The van der Waals surface area contributed by atoms with Crippen LogP contribution < -0.4 is 15.4 Å². The van der Waals surface area contributed by atoms with Crippen LogP contribution in [0.3, 0.4) is 0 Å². The molecule has 0 spiro atoms. The lowest BCUT2D eigenvalue weighted by atomic mass is 10.1. The molecule has 0 unspecified atom stereocenters. The van der Waals surface area contributed by atoms with Crippen LogP contribution in [-0.2, 0) is 4.79 Å². The van der Waals surface area contributed by atoms with Gasteiger partial charge in [0.25, 0.3) is 11.8 Å². The summed E-state index contributed by atoms with van der Waals surface area (Å²) in [6, 6.07) is 21.6. The van der Waals surface area contributed by atoms with Gasteiger partial charge in [0.15, 0.2) is 6.61 Å². The highest BCUT2D eigenvalue weighted by Crippen LogP contribution is 2.19. The predicted octanol–water partition coefficient (Wildman–Crippen LogP) is 4.90. The molecule has 4 rings (SSSR count). The molecule has 2 amide bonds. The van der Waals surface area contributed by atoms with Gasteiger partial charge in [0.1, 0.15) is 17.4 Å². The number of carbonyl (C=O) groups is 2. The largest absolute Gasteiger partial charge is 0.484 e. The summed E-state index contributed by atoms with van der Waals surface area (Å²) in [6.45, 7) is 3.50. The third-order valence-electron chi connectivity index (χ3n) is 4.93. The van der Waals surface area contributed by atoms with E-state index in [4.69, 9.17) is 4.74 Å². The number of ether oxygens (including phenoxy) is 1. The molecule has 2 N–H and O–H groups in total. The summed E-state index contributed by atoms with van der Waals surface area (Å²) >= 11 is 0. The first-order valence-electron chi connectivity index (χ1n) is 10.6. The summed E-state index contributed by atoms with van der Waals surface area (Å²) < 4.78 is 20.3. The van der Waals surface area contributed by atoms with Gasteiger partial charge in [-0.2, -0.15) is 5.10 Å². The van der Waals surface area contributed by atoms with Gasteiger partial charge in [0.05, 0.1) is 11.4 Å². The number of nitrogens with one attached hydrogen (secondary N) is 2. The number of benzene rings is 3. The third kappa shape index (κ3) is 5.66. The van der Waals surface area contributed by atoms with Crippen LogP contribution in [0.5, 0.6) is 5.75 Å². The second-order valence-electron chi connectivity index (χ2n) is 7.74. The van der Waals surface area contributed by atoms with Crippen LogP contribution in [0.15, 0.2) is 78.9 Å². The SMILES string of the molecule is Cc1cccc(C(=O)Nc2ccc(OCC(=O)Nc3cc(C)nn3-c3ccc(F)cc3)cc2)c1. The van der Waals surface area contributed by atoms with Crippen LogP contribution in [0.25, 0.3) is 5.69 Å². The van der Waals surface area contributed by atoms with E-state index in [9.17, 15) is 14.0 Å². The number of hydrogen-bond donors (Lipinski definition) is 2. The van der Waals surface area contributed by atoms with Gasteiger partial charge in [-0.3, -0.25) is 9.59 Å². The maximum Gasteiger partial charge on any atom is 0.263 e. The molecule has 0 saturated carbocycles. The fourth-order valence-electron chi connectivity index (χ4n) is 3.32. The Morgan fingerprint density at radius 3 is 2.38 bits per heavy atom. The molecule has 8 heteroatoms. The zero-order valence-corrected chi connectivity index (χ0v) is 18.7. The molecule has 0 radical (unpaired) electrons. The Bertz CT molecular complexity index is 1310. The van der Waals surface area contributed by atoms with E-state index in [0.717, 1.165) is 5.56 Å². The Morgan fingerprint density at radius 2 is 1.68 bits per heavy atom. The monoisotopic (exact) mass is 458 g/mol.